The second-order valence-electron chi connectivity index (χ2n) is 4.15. The number of sulfone groups is 1. The van der Waals surface area contributed by atoms with Crippen LogP contribution >= 0.6 is 15.9 Å². The molecule has 6 heteroatoms. The Balaban J connectivity index is 2.77. The summed E-state index contributed by atoms with van der Waals surface area (Å²) in [5.74, 6) is 0. The van der Waals surface area contributed by atoms with Gasteiger partial charge in [-0.3, -0.25) is 0 Å². The first-order chi connectivity index (χ1) is 7.87. The first kappa shape index (κ1) is 12.4. The zero-order valence-electron chi connectivity index (χ0n) is 9.36. The number of nitriles is 1. The quantitative estimate of drug-likeness (QED) is 0.797. The van der Waals surface area contributed by atoms with E-state index in [4.69, 9.17) is 5.26 Å². The average Bonchev–Trinajstić information content (AvgIpc) is 2.20. The third kappa shape index (κ3) is 1.83. The van der Waals surface area contributed by atoms with Crippen LogP contribution in [0.4, 0.5) is 5.69 Å². The van der Waals surface area contributed by atoms with E-state index in [0.717, 1.165) is 5.56 Å². The first-order valence-electron chi connectivity index (χ1n) is 5.08. The monoisotopic (exact) mass is 314 g/mol. The molecule has 1 aliphatic rings. The van der Waals surface area contributed by atoms with Gasteiger partial charge in [-0.1, -0.05) is 0 Å². The normalized spacial score (nSPS) is 25.5. The van der Waals surface area contributed by atoms with Crippen LogP contribution in [0.25, 0.3) is 0 Å². The predicted molar refractivity (Wildman–Crippen MR) is 68.6 cm³/mol. The van der Waals surface area contributed by atoms with E-state index < -0.39 is 21.1 Å². The van der Waals surface area contributed by atoms with Gasteiger partial charge in [-0.15, -0.1) is 0 Å². The number of fused-ring (bicyclic) bond motifs is 1. The van der Waals surface area contributed by atoms with Crippen LogP contribution in [0.3, 0.4) is 0 Å². The summed E-state index contributed by atoms with van der Waals surface area (Å²) in [6, 6.07) is 4.88. The topological polar surface area (TPSA) is 70.0 Å². The van der Waals surface area contributed by atoms with E-state index in [1.165, 1.54) is 0 Å². The number of halogens is 1. The second-order valence-corrected chi connectivity index (χ2v) is 7.04. The molecule has 0 bridgehead atoms. The molecule has 1 heterocycles. The summed E-state index contributed by atoms with van der Waals surface area (Å²) in [7, 11) is -3.58. The van der Waals surface area contributed by atoms with Crippen molar-refractivity contribution in [3.8, 4) is 6.07 Å². The van der Waals surface area contributed by atoms with Crippen LogP contribution in [0, 0.1) is 18.3 Å². The minimum absolute atomic E-state index is 0.203. The number of hydrogen-bond acceptors (Lipinski definition) is 4. The summed E-state index contributed by atoms with van der Waals surface area (Å²) in [6.45, 7) is 3.51. The number of nitrogens with one attached hydrogen (secondary N) is 1. The molecular formula is C11H11BrN2O2S. The molecule has 1 aromatic rings. The lowest BCUT2D eigenvalue weighted by Gasteiger charge is -2.29. The molecule has 90 valence electrons. The van der Waals surface area contributed by atoms with Crippen molar-refractivity contribution in [1.29, 1.82) is 5.26 Å². The molecule has 1 aliphatic heterocycles. The lowest BCUT2D eigenvalue weighted by molar-refractivity contribution is 0.577. The van der Waals surface area contributed by atoms with Crippen LogP contribution in [0.2, 0.25) is 0 Å². The highest BCUT2D eigenvalue weighted by molar-refractivity contribution is 9.10. The average molecular weight is 315 g/mol. The Morgan fingerprint density at radius 3 is 2.71 bits per heavy atom. The van der Waals surface area contributed by atoms with Gasteiger partial charge in [0.05, 0.1) is 22.7 Å². The molecule has 0 radical (unpaired) electrons. The zero-order valence-corrected chi connectivity index (χ0v) is 11.8. The molecule has 0 spiro atoms. The maximum atomic E-state index is 12.3. The third-order valence-corrected chi connectivity index (χ3v) is 5.54. The summed E-state index contributed by atoms with van der Waals surface area (Å²) in [5, 5.41) is 11.0. The molecular weight excluding hydrogens is 304 g/mol. The molecule has 0 saturated heterocycles. The fourth-order valence-corrected chi connectivity index (χ4v) is 4.61. The van der Waals surface area contributed by atoms with Gasteiger partial charge >= 0.3 is 0 Å². The lowest BCUT2D eigenvalue weighted by Crippen LogP contribution is -2.41. The van der Waals surface area contributed by atoms with Crippen LogP contribution < -0.4 is 5.32 Å². The van der Waals surface area contributed by atoms with E-state index in [-0.39, 0.29) is 4.90 Å². The van der Waals surface area contributed by atoms with Crippen LogP contribution in [-0.4, -0.2) is 19.7 Å². The van der Waals surface area contributed by atoms with Crippen molar-refractivity contribution < 1.29 is 8.42 Å². The van der Waals surface area contributed by atoms with Crippen molar-refractivity contribution in [2.75, 3.05) is 5.32 Å². The van der Waals surface area contributed by atoms with E-state index in [1.807, 2.05) is 19.1 Å². The zero-order chi connectivity index (χ0) is 12.8. The highest BCUT2D eigenvalue weighted by Gasteiger charge is 2.39. The lowest BCUT2D eigenvalue weighted by atomic mass is 10.2. The van der Waals surface area contributed by atoms with E-state index in [1.54, 1.807) is 13.0 Å². The smallest absolute Gasteiger partial charge is 0.198 e. The Morgan fingerprint density at radius 1 is 1.47 bits per heavy atom. The summed E-state index contributed by atoms with van der Waals surface area (Å²) in [5.41, 5.74) is 1.39. The van der Waals surface area contributed by atoms with Gasteiger partial charge in [-0.2, -0.15) is 5.26 Å². The van der Waals surface area contributed by atoms with Gasteiger partial charge in [0.25, 0.3) is 0 Å². The van der Waals surface area contributed by atoms with Crippen molar-refractivity contribution in [2.45, 2.75) is 30.0 Å². The molecule has 0 fully saturated rings. The van der Waals surface area contributed by atoms with Gasteiger partial charge in [0, 0.05) is 4.47 Å². The summed E-state index contributed by atoms with van der Waals surface area (Å²) >= 11 is 3.34. The fraction of sp³-hybridized carbons (Fsp3) is 0.364. The molecule has 2 unspecified atom stereocenters. The van der Waals surface area contributed by atoms with Gasteiger partial charge < -0.3 is 5.32 Å². The van der Waals surface area contributed by atoms with Crippen LogP contribution in [0.1, 0.15) is 12.5 Å². The number of benzene rings is 1. The maximum Gasteiger partial charge on any atom is 0.198 e. The van der Waals surface area contributed by atoms with Crippen LogP contribution in [0.5, 0.6) is 0 Å². The molecule has 2 rings (SSSR count). The summed E-state index contributed by atoms with van der Waals surface area (Å²) in [6.07, 6.45) is 0. The molecule has 1 N–H and O–H groups in total. The maximum absolute atomic E-state index is 12.3. The van der Waals surface area contributed by atoms with E-state index in [2.05, 4.69) is 21.2 Å². The molecule has 0 aliphatic carbocycles. The minimum atomic E-state index is -3.58. The molecule has 17 heavy (non-hydrogen) atoms. The Hall–Kier alpha value is -1.06. The second kappa shape index (κ2) is 4.00. The molecule has 4 nitrogen and oxygen atoms in total. The number of rotatable bonds is 0. The van der Waals surface area contributed by atoms with Crippen LogP contribution in [0.15, 0.2) is 21.5 Å². The van der Waals surface area contributed by atoms with Crippen molar-refractivity contribution in [3.63, 3.8) is 0 Å². The van der Waals surface area contributed by atoms with Crippen molar-refractivity contribution >= 4 is 31.5 Å². The van der Waals surface area contributed by atoms with Crippen molar-refractivity contribution in [1.82, 2.24) is 0 Å². The van der Waals surface area contributed by atoms with E-state index in [0.29, 0.717) is 10.2 Å². The molecule has 0 saturated carbocycles. The summed E-state index contributed by atoms with van der Waals surface area (Å²) < 4.78 is 25.2. The highest BCUT2D eigenvalue weighted by atomic mass is 79.9. The standard InChI is InChI=1S/C11H11BrN2O2S/c1-6-3-8(12)11-9(4-6)17(15,16)10(5-13)7(2)14-11/h3-4,7,10,14H,1-2H3. The molecule has 1 aromatic carbocycles. The van der Waals surface area contributed by atoms with E-state index in [9.17, 15) is 8.42 Å². The predicted octanol–water partition coefficient (Wildman–Crippen LogP) is 2.24. The van der Waals surface area contributed by atoms with Gasteiger partial charge in [-0.25, -0.2) is 8.42 Å². The Morgan fingerprint density at radius 2 is 2.12 bits per heavy atom. The fourth-order valence-electron chi connectivity index (χ4n) is 1.96. The Bertz CT molecular complexity index is 619. The van der Waals surface area contributed by atoms with Crippen molar-refractivity contribution in [3.05, 3.63) is 22.2 Å². The number of hydrogen-bond donors (Lipinski definition) is 1. The molecule has 0 aromatic heterocycles. The highest BCUT2D eigenvalue weighted by Crippen LogP contribution is 2.38. The Kier molecular flexibility index (Phi) is 2.92. The number of anilines is 1. The molecule has 2 atom stereocenters. The van der Waals surface area contributed by atoms with Crippen LogP contribution in [-0.2, 0) is 9.84 Å². The van der Waals surface area contributed by atoms with Gasteiger partial charge in [0.2, 0.25) is 0 Å². The number of nitrogens with zero attached hydrogens (tertiary/aromatic N) is 1. The van der Waals surface area contributed by atoms with Gasteiger partial charge in [0.15, 0.2) is 15.1 Å². The SMILES string of the molecule is Cc1cc(Br)c2c(c1)S(=O)(=O)C(C#N)C(C)N2. The van der Waals surface area contributed by atoms with E-state index >= 15 is 0 Å². The summed E-state index contributed by atoms with van der Waals surface area (Å²) in [4.78, 5) is 0.203. The Labute approximate surface area is 109 Å². The molecule has 0 amide bonds. The third-order valence-electron chi connectivity index (χ3n) is 2.79. The van der Waals surface area contributed by atoms with Gasteiger partial charge in [-0.05, 0) is 47.5 Å². The first-order valence-corrected chi connectivity index (χ1v) is 7.42. The minimum Gasteiger partial charge on any atom is -0.378 e. The van der Waals surface area contributed by atoms with Gasteiger partial charge in [0.1, 0.15) is 0 Å². The largest absolute Gasteiger partial charge is 0.378 e. The van der Waals surface area contributed by atoms with Crippen molar-refractivity contribution in [2.24, 2.45) is 0 Å². The number of aryl methyl sites for hydroxylation is 1.